The van der Waals surface area contributed by atoms with Crippen molar-refractivity contribution in [2.24, 2.45) is 0 Å². The van der Waals surface area contributed by atoms with E-state index < -0.39 is 0 Å². The van der Waals surface area contributed by atoms with Crippen molar-refractivity contribution >= 4 is 43.9 Å². The number of benzene rings is 3. The molecule has 4 heteroatoms. The quantitative estimate of drug-likeness (QED) is 0.474. The van der Waals surface area contributed by atoms with Crippen molar-refractivity contribution < 1.29 is 0 Å². The molecule has 0 N–H and O–H groups in total. The fourth-order valence-corrected chi connectivity index (χ4v) is 3.68. The number of para-hydroxylation sites is 2. The van der Waals surface area contributed by atoms with Gasteiger partial charge in [-0.05, 0) is 24.3 Å². The van der Waals surface area contributed by atoms with Crippen molar-refractivity contribution in [2.75, 3.05) is 19.0 Å². The van der Waals surface area contributed by atoms with Gasteiger partial charge in [-0.2, -0.15) is 0 Å². The Kier molecular flexibility index (Phi) is 2.47. The Morgan fingerprint density at radius 3 is 2.50 bits per heavy atom. The lowest BCUT2D eigenvalue weighted by molar-refractivity contribution is 1.14. The second kappa shape index (κ2) is 4.45. The molecule has 0 aliphatic carbocycles. The Morgan fingerprint density at radius 2 is 1.67 bits per heavy atom. The minimum absolute atomic E-state index is 0.00675. The van der Waals surface area contributed by atoms with Gasteiger partial charge in [-0.25, -0.2) is 4.98 Å². The van der Waals surface area contributed by atoms with Crippen LogP contribution in [0, 0.1) is 0 Å². The highest BCUT2D eigenvalue weighted by atomic mass is 16.1. The van der Waals surface area contributed by atoms with E-state index in [1.165, 1.54) is 0 Å². The van der Waals surface area contributed by atoms with E-state index in [4.69, 9.17) is 4.98 Å². The van der Waals surface area contributed by atoms with Crippen LogP contribution in [0.5, 0.6) is 0 Å². The van der Waals surface area contributed by atoms with E-state index in [0.29, 0.717) is 0 Å². The molecule has 0 aliphatic heterocycles. The zero-order valence-electron chi connectivity index (χ0n) is 13.4. The third-order valence-electron chi connectivity index (χ3n) is 4.73. The highest BCUT2D eigenvalue weighted by molar-refractivity contribution is 6.18. The standard InChI is InChI=1S/C20H15N3O/c1-22(2)16-11-10-14-18-12(16)6-5-7-13(18)19-21-15-8-3-4-9-17(15)23(19)20(14)24/h3-11H,1-2H3. The lowest BCUT2D eigenvalue weighted by Crippen LogP contribution is -2.15. The molecule has 0 radical (unpaired) electrons. The van der Waals surface area contributed by atoms with Crippen LogP contribution in [0.15, 0.2) is 59.4 Å². The van der Waals surface area contributed by atoms with Crippen LogP contribution >= 0.6 is 0 Å². The van der Waals surface area contributed by atoms with Crippen LogP contribution in [0.4, 0.5) is 5.69 Å². The fraction of sp³-hybridized carbons (Fsp3) is 0.100. The SMILES string of the molecule is CN(C)c1ccc2c(=O)n3c4ccccc4nc3c3cccc1c23. The molecule has 2 aromatic heterocycles. The van der Waals surface area contributed by atoms with E-state index in [9.17, 15) is 4.79 Å². The topological polar surface area (TPSA) is 37.6 Å². The first-order valence-electron chi connectivity index (χ1n) is 7.92. The molecule has 116 valence electrons. The summed E-state index contributed by atoms with van der Waals surface area (Å²) < 4.78 is 1.74. The lowest BCUT2D eigenvalue weighted by atomic mass is 10.0. The smallest absolute Gasteiger partial charge is 0.264 e. The molecule has 5 aromatic rings. The van der Waals surface area contributed by atoms with Gasteiger partial charge in [0.05, 0.1) is 11.0 Å². The van der Waals surface area contributed by atoms with E-state index in [2.05, 4.69) is 17.0 Å². The number of hydrogen-bond donors (Lipinski definition) is 0. The highest BCUT2D eigenvalue weighted by Crippen LogP contribution is 2.34. The van der Waals surface area contributed by atoms with Gasteiger partial charge in [-0.1, -0.05) is 30.3 Å². The maximum Gasteiger partial charge on any atom is 0.264 e. The Morgan fingerprint density at radius 1 is 0.875 bits per heavy atom. The van der Waals surface area contributed by atoms with Gasteiger partial charge in [0, 0.05) is 41.3 Å². The van der Waals surface area contributed by atoms with Crippen LogP contribution < -0.4 is 10.5 Å². The molecule has 0 bridgehead atoms. The molecule has 2 heterocycles. The zero-order chi connectivity index (χ0) is 16.4. The van der Waals surface area contributed by atoms with Crippen molar-refractivity contribution in [1.29, 1.82) is 0 Å². The summed E-state index contributed by atoms with van der Waals surface area (Å²) in [5.41, 5.74) is 3.53. The molecular formula is C20H15N3O. The average molecular weight is 313 g/mol. The predicted molar refractivity (Wildman–Crippen MR) is 99.5 cm³/mol. The van der Waals surface area contributed by atoms with E-state index in [1.54, 1.807) is 4.40 Å². The molecule has 4 nitrogen and oxygen atoms in total. The number of imidazole rings is 1. The third kappa shape index (κ3) is 1.52. The molecule has 0 aliphatic rings. The summed E-state index contributed by atoms with van der Waals surface area (Å²) in [5, 5.41) is 3.84. The van der Waals surface area contributed by atoms with Gasteiger partial charge in [-0.3, -0.25) is 9.20 Å². The maximum absolute atomic E-state index is 13.2. The molecular weight excluding hydrogens is 298 g/mol. The predicted octanol–water partition coefficient (Wildman–Crippen LogP) is 3.66. The van der Waals surface area contributed by atoms with E-state index in [0.717, 1.165) is 43.9 Å². The van der Waals surface area contributed by atoms with Crippen molar-refractivity contribution in [2.45, 2.75) is 0 Å². The molecule has 0 saturated heterocycles. The largest absolute Gasteiger partial charge is 0.377 e. The van der Waals surface area contributed by atoms with Gasteiger partial charge in [0.15, 0.2) is 0 Å². The zero-order valence-corrected chi connectivity index (χ0v) is 13.4. The van der Waals surface area contributed by atoms with Crippen LogP contribution in [0.2, 0.25) is 0 Å². The van der Waals surface area contributed by atoms with Gasteiger partial charge >= 0.3 is 0 Å². The molecule has 0 atom stereocenters. The Balaban J connectivity index is 2.15. The van der Waals surface area contributed by atoms with Crippen molar-refractivity contribution in [3.05, 3.63) is 65.0 Å². The number of pyridine rings is 1. The number of nitrogens with zero attached hydrogens (tertiary/aromatic N) is 3. The average Bonchev–Trinajstić information content (AvgIpc) is 2.98. The number of aromatic nitrogens is 2. The van der Waals surface area contributed by atoms with E-state index in [-0.39, 0.29) is 5.56 Å². The second-order valence-electron chi connectivity index (χ2n) is 6.32. The first kappa shape index (κ1) is 13.3. The monoisotopic (exact) mass is 313 g/mol. The van der Waals surface area contributed by atoms with Crippen molar-refractivity contribution in [3.63, 3.8) is 0 Å². The van der Waals surface area contributed by atoms with Gasteiger partial charge in [0.2, 0.25) is 0 Å². The normalized spacial score (nSPS) is 11.9. The van der Waals surface area contributed by atoms with Gasteiger partial charge in [0.1, 0.15) is 5.65 Å². The molecule has 0 spiro atoms. The molecule has 5 rings (SSSR count). The minimum Gasteiger partial charge on any atom is -0.377 e. The van der Waals surface area contributed by atoms with Crippen LogP contribution in [-0.2, 0) is 0 Å². The highest BCUT2D eigenvalue weighted by Gasteiger charge is 2.17. The number of hydrogen-bond acceptors (Lipinski definition) is 3. The summed E-state index contributed by atoms with van der Waals surface area (Å²) in [6.07, 6.45) is 0. The van der Waals surface area contributed by atoms with E-state index in [1.807, 2.05) is 56.6 Å². The molecule has 3 aromatic carbocycles. The van der Waals surface area contributed by atoms with Crippen LogP contribution in [0.1, 0.15) is 0 Å². The summed E-state index contributed by atoms with van der Waals surface area (Å²) in [4.78, 5) is 20.0. The summed E-state index contributed by atoms with van der Waals surface area (Å²) in [6, 6.07) is 17.9. The Labute approximate surface area is 137 Å². The first-order valence-corrected chi connectivity index (χ1v) is 7.92. The van der Waals surface area contributed by atoms with Gasteiger partial charge < -0.3 is 4.90 Å². The fourth-order valence-electron chi connectivity index (χ4n) is 3.68. The third-order valence-corrected chi connectivity index (χ3v) is 4.73. The van der Waals surface area contributed by atoms with Crippen LogP contribution in [0.3, 0.4) is 0 Å². The Bertz CT molecular complexity index is 1300. The maximum atomic E-state index is 13.2. The molecule has 0 saturated carbocycles. The van der Waals surface area contributed by atoms with Gasteiger partial charge in [-0.15, -0.1) is 0 Å². The molecule has 0 unspecified atom stereocenters. The first-order chi connectivity index (χ1) is 11.7. The summed E-state index contributed by atoms with van der Waals surface area (Å²) in [5.74, 6) is 0. The number of rotatable bonds is 1. The van der Waals surface area contributed by atoms with Gasteiger partial charge in [0.25, 0.3) is 5.56 Å². The lowest BCUT2D eigenvalue weighted by Gasteiger charge is -2.17. The summed E-state index contributed by atoms with van der Waals surface area (Å²) in [7, 11) is 4.04. The molecule has 24 heavy (non-hydrogen) atoms. The summed E-state index contributed by atoms with van der Waals surface area (Å²) >= 11 is 0. The number of anilines is 1. The van der Waals surface area contributed by atoms with Crippen molar-refractivity contribution in [1.82, 2.24) is 9.38 Å². The minimum atomic E-state index is -0.00675. The van der Waals surface area contributed by atoms with Crippen LogP contribution in [-0.4, -0.2) is 23.5 Å². The summed E-state index contributed by atoms with van der Waals surface area (Å²) in [6.45, 7) is 0. The van der Waals surface area contributed by atoms with Crippen molar-refractivity contribution in [3.8, 4) is 0 Å². The number of fused-ring (bicyclic) bond motifs is 4. The second-order valence-corrected chi connectivity index (χ2v) is 6.32. The molecule has 0 amide bonds. The van der Waals surface area contributed by atoms with Crippen LogP contribution in [0.25, 0.3) is 38.2 Å². The Hall–Kier alpha value is -3.14. The molecule has 0 fully saturated rings. The van der Waals surface area contributed by atoms with E-state index >= 15 is 0 Å².